The molecule has 0 saturated carbocycles. The molecule has 0 bridgehead atoms. The van der Waals surface area contributed by atoms with Crippen molar-refractivity contribution in [2.75, 3.05) is 13.7 Å². The zero-order valence-corrected chi connectivity index (χ0v) is 13.2. The predicted octanol–water partition coefficient (Wildman–Crippen LogP) is 3.69. The lowest BCUT2D eigenvalue weighted by molar-refractivity contribution is 0.136. The zero-order valence-electron chi connectivity index (χ0n) is 12.3. The Morgan fingerprint density at radius 1 is 1.30 bits per heavy atom. The molecule has 0 amide bonds. The summed E-state index contributed by atoms with van der Waals surface area (Å²) < 4.78 is 5.64. The van der Waals surface area contributed by atoms with Gasteiger partial charge in [0.25, 0.3) is 0 Å². The molecule has 0 spiro atoms. The van der Waals surface area contributed by atoms with Crippen LogP contribution in [0.1, 0.15) is 40.6 Å². The van der Waals surface area contributed by atoms with Crippen molar-refractivity contribution in [3.63, 3.8) is 0 Å². The molecule has 0 aliphatic carbocycles. The first-order valence-corrected chi connectivity index (χ1v) is 7.82. The third-order valence-corrected chi connectivity index (χ3v) is 4.38. The van der Waals surface area contributed by atoms with Gasteiger partial charge < -0.3 is 10.1 Å². The summed E-state index contributed by atoms with van der Waals surface area (Å²) in [7, 11) is 1.74. The number of benzene rings is 1. The van der Waals surface area contributed by atoms with E-state index in [0.29, 0.717) is 0 Å². The molecule has 0 aliphatic rings. The van der Waals surface area contributed by atoms with Crippen LogP contribution in [-0.2, 0) is 11.3 Å². The molecule has 0 fully saturated rings. The van der Waals surface area contributed by atoms with Crippen molar-refractivity contribution in [2.45, 2.75) is 32.9 Å². The van der Waals surface area contributed by atoms with Crippen LogP contribution in [-0.4, -0.2) is 18.6 Å². The lowest BCUT2D eigenvalue weighted by Gasteiger charge is -2.12. The van der Waals surface area contributed by atoms with Crippen LogP contribution in [0.15, 0.2) is 30.3 Å². The SMILES string of the molecule is CCCNCc1sc(C(OC)c2ccccc2)nc1C. The number of nitrogens with one attached hydrogen (secondary N) is 1. The first-order chi connectivity index (χ1) is 9.76. The van der Waals surface area contributed by atoms with E-state index < -0.39 is 0 Å². The average molecular weight is 290 g/mol. The number of methoxy groups -OCH3 is 1. The quantitative estimate of drug-likeness (QED) is 0.790. The molecule has 1 N–H and O–H groups in total. The Morgan fingerprint density at radius 3 is 2.70 bits per heavy atom. The predicted molar refractivity (Wildman–Crippen MR) is 84.1 cm³/mol. The normalized spacial score (nSPS) is 12.6. The summed E-state index contributed by atoms with van der Waals surface area (Å²) >= 11 is 1.74. The first kappa shape index (κ1) is 15.2. The molecule has 1 unspecified atom stereocenters. The van der Waals surface area contributed by atoms with E-state index in [1.807, 2.05) is 18.2 Å². The molecule has 2 rings (SSSR count). The number of hydrogen-bond donors (Lipinski definition) is 1. The van der Waals surface area contributed by atoms with Crippen molar-refractivity contribution < 1.29 is 4.74 Å². The van der Waals surface area contributed by atoms with Crippen molar-refractivity contribution in [1.29, 1.82) is 0 Å². The van der Waals surface area contributed by atoms with Gasteiger partial charge in [0.05, 0.1) is 5.69 Å². The maximum atomic E-state index is 5.64. The largest absolute Gasteiger partial charge is 0.370 e. The molecular formula is C16H22N2OS. The third-order valence-electron chi connectivity index (χ3n) is 3.18. The Kier molecular flexibility index (Phi) is 5.71. The fourth-order valence-electron chi connectivity index (χ4n) is 2.11. The van der Waals surface area contributed by atoms with Crippen LogP contribution in [0.4, 0.5) is 0 Å². The van der Waals surface area contributed by atoms with Gasteiger partial charge in [-0.05, 0) is 25.5 Å². The molecular weight excluding hydrogens is 268 g/mol. The highest BCUT2D eigenvalue weighted by Gasteiger charge is 2.18. The Morgan fingerprint density at radius 2 is 2.05 bits per heavy atom. The standard InChI is InChI=1S/C16H22N2OS/c1-4-10-17-11-14-12(2)18-16(20-14)15(19-3)13-8-6-5-7-9-13/h5-9,15,17H,4,10-11H2,1-3H3. The van der Waals surface area contributed by atoms with Gasteiger partial charge in [0.1, 0.15) is 11.1 Å². The van der Waals surface area contributed by atoms with E-state index in [1.54, 1.807) is 18.4 Å². The van der Waals surface area contributed by atoms with Crippen molar-refractivity contribution >= 4 is 11.3 Å². The summed E-state index contributed by atoms with van der Waals surface area (Å²) in [5.41, 5.74) is 2.25. The van der Waals surface area contributed by atoms with E-state index >= 15 is 0 Å². The van der Waals surface area contributed by atoms with E-state index in [4.69, 9.17) is 9.72 Å². The van der Waals surface area contributed by atoms with Gasteiger partial charge in [0, 0.05) is 18.5 Å². The van der Waals surface area contributed by atoms with Crippen LogP contribution in [0.5, 0.6) is 0 Å². The van der Waals surface area contributed by atoms with Crippen LogP contribution in [0, 0.1) is 6.92 Å². The molecule has 4 heteroatoms. The van der Waals surface area contributed by atoms with E-state index in [9.17, 15) is 0 Å². The van der Waals surface area contributed by atoms with E-state index in [-0.39, 0.29) is 6.10 Å². The lowest BCUT2D eigenvalue weighted by Crippen LogP contribution is -2.13. The molecule has 1 heterocycles. The van der Waals surface area contributed by atoms with E-state index in [0.717, 1.165) is 35.8 Å². The van der Waals surface area contributed by atoms with Crippen molar-refractivity contribution in [3.05, 3.63) is 51.5 Å². The molecule has 0 aliphatic heterocycles. The molecule has 0 radical (unpaired) electrons. The summed E-state index contributed by atoms with van der Waals surface area (Å²) in [6, 6.07) is 10.3. The minimum Gasteiger partial charge on any atom is -0.370 e. The number of aryl methyl sites for hydroxylation is 1. The van der Waals surface area contributed by atoms with Crippen molar-refractivity contribution in [2.24, 2.45) is 0 Å². The van der Waals surface area contributed by atoms with E-state index in [1.165, 1.54) is 4.88 Å². The van der Waals surface area contributed by atoms with Crippen LogP contribution in [0.3, 0.4) is 0 Å². The monoisotopic (exact) mass is 290 g/mol. The molecule has 3 nitrogen and oxygen atoms in total. The highest BCUT2D eigenvalue weighted by Crippen LogP contribution is 2.30. The van der Waals surface area contributed by atoms with Gasteiger partial charge in [-0.15, -0.1) is 11.3 Å². The molecule has 108 valence electrons. The van der Waals surface area contributed by atoms with Gasteiger partial charge in [0.2, 0.25) is 0 Å². The van der Waals surface area contributed by atoms with Crippen LogP contribution < -0.4 is 5.32 Å². The summed E-state index contributed by atoms with van der Waals surface area (Å²) in [5.74, 6) is 0. The Hall–Kier alpha value is -1.23. The number of rotatable bonds is 7. The molecule has 0 saturated heterocycles. The minimum atomic E-state index is -0.0696. The Labute approximate surface area is 125 Å². The van der Waals surface area contributed by atoms with Crippen molar-refractivity contribution in [3.8, 4) is 0 Å². The fraction of sp³-hybridized carbons (Fsp3) is 0.438. The second-order valence-electron chi connectivity index (χ2n) is 4.76. The Bertz CT molecular complexity index is 525. The van der Waals surface area contributed by atoms with Crippen molar-refractivity contribution in [1.82, 2.24) is 10.3 Å². The molecule has 1 aromatic heterocycles. The van der Waals surface area contributed by atoms with Gasteiger partial charge >= 0.3 is 0 Å². The summed E-state index contributed by atoms with van der Waals surface area (Å²) in [6.45, 7) is 6.18. The summed E-state index contributed by atoms with van der Waals surface area (Å²) in [5, 5.41) is 4.46. The van der Waals surface area contributed by atoms with Gasteiger partial charge in [-0.1, -0.05) is 37.3 Å². The molecule has 20 heavy (non-hydrogen) atoms. The maximum absolute atomic E-state index is 5.64. The highest BCUT2D eigenvalue weighted by atomic mass is 32.1. The van der Waals surface area contributed by atoms with E-state index in [2.05, 4.69) is 31.3 Å². The number of hydrogen-bond acceptors (Lipinski definition) is 4. The van der Waals surface area contributed by atoms with Crippen LogP contribution >= 0.6 is 11.3 Å². The van der Waals surface area contributed by atoms with Gasteiger partial charge in [-0.25, -0.2) is 4.98 Å². The van der Waals surface area contributed by atoms with Crippen LogP contribution in [0.25, 0.3) is 0 Å². The third kappa shape index (κ3) is 3.66. The highest BCUT2D eigenvalue weighted by molar-refractivity contribution is 7.11. The summed E-state index contributed by atoms with van der Waals surface area (Å²) in [6.07, 6.45) is 1.08. The molecule has 1 aromatic carbocycles. The Balaban J connectivity index is 2.17. The minimum absolute atomic E-state index is 0.0696. The second-order valence-corrected chi connectivity index (χ2v) is 5.88. The summed E-state index contributed by atoms with van der Waals surface area (Å²) in [4.78, 5) is 5.99. The molecule has 1 atom stereocenters. The average Bonchev–Trinajstić information content (AvgIpc) is 2.82. The first-order valence-electron chi connectivity index (χ1n) is 7.01. The fourth-order valence-corrected chi connectivity index (χ4v) is 3.25. The number of nitrogens with zero attached hydrogens (tertiary/aromatic N) is 1. The van der Waals surface area contributed by atoms with Crippen LogP contribution in [0.2, 0.25) is 0 Å². The maximum Gasteiger partial charge on any atom is 0.134 e. The zero-order chi connectivity index (χ0) is 14.4. The van der Waals surface area contributed by atoms with Gasteiger partial charge in [0.15, 0.2) is 0 Å². The number of ether oxygens (including phenoxy) is 1. The van der Waals surface area contributed by atoms with Gasteiger partial charge in [-0.2, -0.15) is 0 Å². The lowest BCUT2D eigenvalue weighted by atomic mass is 10.1. The second kappa shape index (κ2) is 7.53. The van der Waals surface area contributed by atoms with Gasteiger partial charge in [-0.3, -0.25) is 0 Å². The topological polar surface area (TPSA) is 34.1 Å². The smallest absolute Gasteiger partial charge is 0.134 e. The number of aromatic nitrogens is 1. The molecule has 2 aromatic rings. The number of thiazole rings is 1.